The van der Waals surface area contributed by atoms with Crippen molar-refractivity contribution in [3.05, 3.63) is 18.2 Å². The van der Waals surface area contributed by atoms with Crippen LogP contribution in [0.1, 0.15) is 13.8 Å². The average molecular weight is 239 g/mol. The first-order valence-corrected chi connectivity index (χ1v) is 5.75. The predicted octanol–water partition coefficient (Wildman–Crippen LogP) is 2.08. The summed E-state index contributed by atoms with van der Waals surface area (Å²) in [6, 6.07) is 6.01. The highest BCUT2D eigenvalue weighted by molar-refractivity contribution is 5.45. The zero-order valence-corrected chi connectivity index (χ0v) is 10.9. The number of hydrogen-bond acceptors (Lipinski definition) is 4. The molecule has 0 aliphatic heterocycles. The molecule has 96 valence electrons. The molecule has 0 saturated carbocycles. The predicted molar refractivity (Wildman–Crippen MR) is 68.2 cm³/mol. The lowest BCUT2D eigenvalue weighted by Crippen LogP contribution is -2.27. The van der Waals surface area contributed by atoms with Gasteiger partial charge in [-0.25, -0.2) is 0 Å². The van der Waals surface area contributed by atoms with Crippen LogP contribution in [-0.2, 0) is 0 Å². The van der Waals surface area contributed by atoms with Gasteiger partial charge < -0.3 is 19.5 Å². The molecule has 0 atom stereocenters. The van der Waals surface area contributed by atoms with Crippen LogP contribution >= 0.6 is 0 Å². The van der Waals surface area contributed by atoms with E-state index in [1.165, 1.54) is 0 Å². The second-order valence-corrected chi connectivity index (χ2v) is 3.97. The standard InChI is InChI=1S/C13H21NO3/c1-10(2)14-7-8-17-11-5-6-12(15-3)13(9-11)16-4/h5-6,9-10,14H,7-8H2,1-4H3. The fourth-order valence-electron chi connectivity index (χ4n) is 1.42. The van der Waals surface area contributed by atoms with Crippen molar-refractivity contribution in [2.24, 2.45) is 0 Å². The Bertz CT molecular complexity index is 339. The van der Waals surface area contributed by atoms with E-state index in [9.17, 15) is 0 Å². The highest BCUT2D eigenvalue weighted by Gasteiger charge is 2.04. The molecule has 4 nitrogen and oxygen atoms in total. The maximum Gasteiger partial charge on any atom is 0.164 e. The molecule has 0 amide bonds. The van der Waals surface area contributed by atoms with Crippen LogP contribution in [0.2, 0.25) is 0 Å². The monoisotopic (exact) mass is 239 g/mol. The Morgan fingerprint density at radius 2 is 1.82 bits per heavy atom. The van der Waals surface area contributed by atoms with E-state index in [1.807, 2.05) is 18.2 Å². The fraction of sp³-hybridized carbons (Fsp3) is 0.538. The first kappa shape index (κ1) is 13.6. The number of hydrogen-bond donors (Lipinski definition) is 1. The van der Waals surface area contributed by atoms with Gasteiger partial charge in [0.1, 0.15) is 12.4 Å². The summed E-state index contributed by atoms with van der Waals surface area (Å²) in [5.74, 6) is 2.18. The van der Waals surface area contributed by atoms with Crippen molar-refractivity contribution in [2.75, 3.05) is 27.4 Å². The second-order valence-electron chi connectivity index (χ2n) is 3.97. The Balaban J connectivity index is 2.48. The molecule has 1 N–H and O–H groups in total. The molecule has 1 rings (SSSR count). The number of methoxy groups -OCH3 is 2. The molecule has 0 aliphatic rings. The Kier molecular flexibility index (Phi) is 5.63. The van der Waals surface area contributed by atoms with E-state index < -0.39 is 0 Å². The molecule has 0 spiro atoms. The summed E-state index contributed by atoms with van der Waals surface area (Å²) in [7, 11) is 3.23. The molecule has 0 radical (unpaired) electrons. The van der Waals surface area contributed by atoms with Gasteiger partial charge in [0.05, 0.1) is 14.2 Å². The van der Waals surface area contributed by atoms with Crippen molar-refractivity contribution in [3.8, 4) is 17.2 Å². The molecule has 0 aromatic heterocycles. The van der Waals surface area contributed by atoms with Gasteiger partial charge in [-0.3, -0.25) is 0 Å². The lowest BCUT2D eigenvalue weighted by atomic mass is 10.3. The first-order valence-electron chi connectivity index (χ1n) is 5.75. The molecule has 0 bridgehead atoms. The van der Waals surface area contributed by atoms with E-state index in [1.54, 1.807) is 14.2 Å². The molecule has 0 aliphatic carbocycles. The Hall–Kier alpha value is -1.42. The zero-order valence-electron chi connectivity index (χ0n) is 10.9. The van der Waals surface area contributed by atoms with Crippen LogP contribution in [0, 0.1) is 0 Å². The number of benzene rings is 1. The van der Waals surface area contributed by atoms with Crippen LogP contribution in [0.5, 0.6) is 17.2 Å². The molecule has 0 saturated heterocycles. The van der Waals surface area contributed by atoms with Crippen LogP contribution in [0.15, 0.2) is 18.2 Å². The van der Waals surface area contributed by atoms with Crippen molar-refractivity contribution >= 4 is 0 Å². The fourth-order valence-corrected chi connectivity index (χ4v) is 1.42. The molecule has 4 heteroatoms. The maximum atomic E-state index is 5.60. The third-order valence-corrected chi connectivity index (χ3v) is 2.28. The van der Waals surface area contributed by atoms with Crippen LogP contribution in [0.3, 0.4) is 0 Å². The van der Waals surface area contributed by atoms with Gasteiger partial charge >= 0.3 is 0 Å². The molecule has 0 unspecified atom stereocenters. The van der Waals surface area contributed by atoms with Crippen molar-refractivity contribution in [3.63, 3.8) is 0 Å². The number of rotatable bonds is 7. The lowest BCUT2D eigenvalue weighted by Gasteiger charge is -2.12. The molecule has 0 fully saturated rings. The van der Waals surface area contributed by atoms with Crippen LogP contribution in [0.4, 0.5) is 0 Å². The van der Waals surface area contributed by atoms with E-state index in [-0.39, 0.29) is 0 Å². The highest BCUT2D eigenvalue weighted by Crippen LogP contribution is 2.30. The van der Waals surface area contributed by atoms with E-state index in [4.69, 9.17) is 14.2 Å². The number of nitrogens with one attached hydrogen (secondary N) is 1. The van der Waals surface area contributed by atoms with Crippen LogP contribution < -0.4 is 19.5 Å². The van der Waals surface area contributed by atoms with Crippen molar-refractivity contribution in [1.29, 1.82) is 0 Å². The van der Waals surface area contributed by atoms with Gasteiger partial charge in [-0.15, -0.1) is 0 Å². The average Bonchev–Trinajstić information content (AvgIpc) is 2.34. The zero-order chi connectivity index (χ0) is 12.7. The van der Waals surface area contributed by atoms with E-state index in [0.717, 1.165) is 12.3 Å². The van der Waals surface area contributed by atoms with Crippen molar-refractivity contribution in [1.82, 2.24) is 5.32 Å². The number of ether oxygens (including phenoxy) is 3. The van der Waals surface area contributed by atoms with Crippen LogP contribution in [0.25, 0.3) is 0 Å². The van der Waals surface area contributed by atoms with Gasteiger partial charge in [0.25, 0.3) is 0 Å². The Morgan fingerprint density at radius 3 is 2.41 bits per heavy atom. The Labute approximate surface area is 103 Å². The maximum absolute atomic E-state index is 5.60. The van der Waals surface area contributed by atoms with Gasteiger partial charge in [0, 0.05) is 18.7 Å². The van der Waals surface area contributed by atoms with E-state index >= 15 is 0 Å². The SMILES string of the molecule is COc1ccc(OCCNC(C)C)cc1OC. The van der Waals surface area contributed by atoms with Crippen molar-refractivity contribution in [2.45, 2.75) is 19.9 Å². The quantitative estimate of drug-likeness (QED) is 0.739. The summed E-state index contributed by atoms with van der Waals surface area (Å²) in [5.41, 5.74) is 0. The molecule has 1 aromatic rings. The molecule has 17 heavy (non-hydrogen) atoms. The van der Waals surface area contributed by atoms with Gasteiger partial charge in [-0.2, -0.15) is 0 Å². The largest absolute Gasteiger partial charge is 0.493 e. The minimum absolute atomic E-state index is 0.476. The van der Waals surface area contributed by atoms with Gasteiger partial charge in [0.15, 0.2) is 11.5 Å². The normalized spacial score (nSPS) is 10.4. The third-order valence-electron chi connectivity index (χ3n) is 2.28. The molecule has 1 aromatic carbocycles. The Morgan fingerprint density at radius 1 is 1.12 bits per heavy atom. The van der Waals surface area contributed by atoms with Crippen LogP contribution in [-0.4, -0.2) is 33.4 Å². The summed E-state index contributed by atoms with van der Waals surface area (Å²) in [6.07, 6.45) is 0. The van der Waals surface area contributed by atoms with Gasteiger partial charge in [0.2, 0.25) is 0 Å². The summed E-state index contributed by atoms with van der Waals surface area (Å²) in [4.78, 5) is 0. The van der Waals surface area contributed by atoms with Gasteiger partial charge in [-0.1, -0.05) is 13.8 Å². The molecular formula is C13H21NO3. The molecular weight excluding hydrogens is 218 g/mol. The summed E-state index contributed by atoms with van der Waals surface area (Å²) in [6.45, 7) is 5.67. The smallest absolute Gasteiger partial charge is 0.164 e. The van der Waals surface area contributed by atoms with E-state index in [0.29, 0.717) is 24.1 Å². The topological polar surface area (TPSA) is 39.7 Å². The summed E-state index contributed by atoms with van der Waals surface area (Å²) >= 11 is 0. The van der Waals surface area contributed by atoms with Gasteiger partial charge in [-0.05, 0) is 12.1 Å². The summed E-state index contributed by atoms with van der Waals surface area (Å²) < 4.78 is 16.0. The minimum Gasteiger partial charge on any atom is -0.493 e. The highest BCUT2D eigenvalue weighted by atomic mass is 16.5. The molecule has 0 heterocycles. The lowest BCUT2D eigenvalue weighted by molar-refractivity contribution is 0.303. The third kappa shape index (κ3) is 4.53. The van der Waals surface area contributed by atoms with E-state index in [2.05, 4.69) is 19.2 Å². The minimum atomic E-state index is 0.476. The van der Waals surface area contributed by atoms with Crippen molar-refractivity contribution < 1.29 is 14.2 Å². The first-order chi connectivity index (χ1) is 8.17. The second kappa shape index (κ2) is 7.01. The summed E-state index contributed by atoms with van der Waals surface area (Å²) in [5, 5.41) is 3.29.